The molecule has 0 aliphatic heterocycles. The first-order chi connectivity index (χ1) is 13.4. The van der Waals surface area contributed by atoms with Crippen molar-refractivity contribution in [2.24, 2.45) is 5.41 Å². The number of imidazole rings is 1. The molecule has 28 heavy (non-hydrogen) atoms. The Hall–Kier alpha value is -2.56. The molecule has 0 amide bonds. The Balaban J connectivity index is 1.74. The molecule has 3 aromatic rings. The Bertz CT molecular complexity index is 903. The van der Waals surface area contributed by atoms with Crippen LogP contribution in [0.4, 0.5) is 11.6 Å². The van der Waals surface area contributed by atoms with E-state index in [0.29, 0.717) is 11.2 Å². The van der Waals surface area contributed by atoms with Crippen molar-refractivity contribution < 1.29 is 0 Å². The third-order valence-corrected chi connectivity index (χ3v) is 5.01. The van der Waals surface area contributed by atoms with Crippen LogP contribution in [0.25, 0.3) is 11.0 Å². The number of anilines is 2. The van der Waals surface area contributed by atoms with Crippen molar-refractivity contribution in [2.75, 3.05) is 17.6 Å². The van der Waals surface area contributed by atoms with Gasteiger partial charge in [-0.25, -0.2) is 9.97 Å². The van der Waals surface area contributed by atoms with Gasteiger partial charge in [-0.1, -0.05) is 58.4 Å². The molecule has 0 fully saturated rings. The summed E-state index contributed by atoms with van der Waals surface area (Å²) in [6.07, 6.45) is 6.42. The van der Waals surface area contributed by atoms with E-state index in [1.165, 1.54) is 17.5 Å². The average molecular weight is 380 g/mol. The average Bonchev–Trinajstić information content (AvgIpc) is 3.04. The topological polar surface area (TPSA) is 68.8 Å². The predicted molar refractivity (Wildman–Crippen MR) is 119 cm³/mol. The van der Waals surface area contributed by atoms with Crippen molar-refractivity contribution in [3.63, 3.8) is 0 Å². The van der Waals surface area contributed by atoms with Crippen LogP contribution in [-0.4, -0.2) is 21.1 Å². The molecule has 3 N–H and O–H groups in total. The fourth-order valence-electron chi connectivity index (χ4n) is 3.22. The highest BCUT2D eigenvalue weighted by molar-refractivity contribution is 5.87. The summed E-state index contributed by atoms with van der Waals surface area (Å²) in [4.78, 5) is 8.91. The van der Waals surface area contributed by atoms with Crippen LogP contribution >= 0.6 is 0 Å². The maximum atomic E-state index is 6.13. The number of nitrogens with two attached hydrogens (primary N) is 1. The third-order valence-electron chi connectivity index (χ3n) is 5.01. The summed E-state index contributed by atoms with van der Waals surface area (Å²) in [7, 11) is 0. The van der Waals surface area contributed by atoms with Gasteiger partial charge < -0.3 is 15.6 Å². The zero-order valence-electron chi connectivity index (χ0n) is 17.6. The van der Waals surface area contributed by atoms with E-state index in [0.717, 1.165) is 49.2 Å². The number of fused-ring (bicyclic) bond motifs is 1. The number of hydrogen-bond donors (Lipinski definition) is 2. The molecule has 0 spiro atoms. The zero-order valence-corrected chi connectivity index (χ0v) is 17.6. The smallest absolute Gasteiger partial charge is 0.154 e. The molecule has 0 saturated heterocycles. The number of pyridine rings is 1. The second-order valence-corrected chi connectivity index (χ2v) is 8.79. The molecule has 3 rings (SSSR count). The van der Waals surface area contributed by atoms with Gasteiger partial charge in [-0.15, -0.1) is 0 Å². The lowest BCUT2D eigenvalue weighted by Crippen LogP contribution is -2.06. The molecule has 0 atom stereocenters. The molecule has 0 aliphatic carbocycles. The largest absolute Gasteiger partial charge is 0.382 e. The number of aromatic nitrogens is 3. The van der Waals surface area contributed by atoms with E-state index < -0.39 is 0 Å². The summed E-state index contributed by atoms with van der Waals surface area (Å²) in [5, 5.41) is 3.36. The summed E-state index contributed by atoms with van der Waals surface area (Å²) in [5.74, 6) is 1.30. The van der Waals surface area contributed by atoms with Gasteiger partial charge in [-0.3, -0.25) is 0 Å². The van der Waals surface area contributed by atoms with E-state index in [4.69, 9.17) is 5.73 Å². The lowest BCUT2D eigenvalue weighted by atomic mass is 9.88. The van der Waals surface area contributed by atoms with Gasteiger partial charge in [0.2, 0.25) is 0 Å². The fourth-order valence-corrected chi connectivity index (χ4v) is 3.22. The highest BCUT2D eigenvalue weighted by Gasteiger charge is 2.11. The van der Waals surface area contributed by atoms with E-state index in [1.54, 1.807) is 0 Å². The van der Waals surface area contributed by atoms with Crippen LogP contribution in [0.5, 0.6) is 0 Å². The standard InChI is InChI=1S/C23H33N5/c1-5-6-13-25-20-14-19-21(22(24)27-20)26-16-28(19)15-18-9-7-17(8-10-18)11-12-23(2,3)4/h7-10,14,16H,5-6,11-13,15H2,1-4H3,(H3,24,25,27). The van der Waals surface area contributed by atoms with Gasteiger partial charge in [-0.2, -0.15) is 0 Å². The summed E-state index contributed by atoms with van der Waals surface area (Å²) in [5.41, 5.74) is 10.9. The Labute approximate surface area is 168 Å². The number of hydrogen-bond acceptors (Lipinski definition) is 4. The summed E-state index contributed by atoms with van der Waals surface area (Å²) in [6.45, 7) is 10.7. The third kappa shape index (κ3) is 5.24. The SMILES string of the molecule is CCCCNc1cc2c(ncn2Cc2ccc(CCC(C)(C)C)cc2)c(N)n1. The van der Waals surface area contributed by atoms with Crippen LogP contribution in [-0.2, 0) is 13.0 Å². The van der Waals surface area contributed by atoms with Crippen LogP contribution in [0.2, 0.25) is 0 Å². The number of aryl methyl sites for hydroxylation is 1. The van der Waals surface area contributed by atoms with E-state index in [9.17, 15) is 0 Å². The van der Waals surface area contributed by atoms with Crippen LogP contribution < -0.4 is 11.1 Å². The number of nitrogens with zero attached hydrogens (tertiary/aromatic N) is 3. The minimum atomic E-state index is 0.366. The minimum Gasteiger partial charge on any atom is -0.382 e. The number of unbranched alkanes of at least 4 members (excludes halogenated alkanes) is 1. The summed E-state index contributed by atoms with van der Waals surface area (Å²) < 4.78 is 2.14. The lowest BCUT2D eigenvalue weighted by molar-refractivity contribution is 0.378. The van der Waals surface area contributed by atoms with E-state index >= 15 is 0 Å². The Morgan fingerprint density at radius 2 is 1.82 bits per heavy atom. The lowest BCUT2D eigenvalue weighted by Gasteiger charge is -2.17. The van der Waals surface area contributed by atoms with Gasteiger partial charge in [0.15, 0.2) is 5.82 Å². The molecule has 0 saturated carbocycles. The first-order valence-electron chi connectivity index (χ1n) is 10.3. The van der Waals surface area contributed by atoms with Crippen molar-refractivity contribution >= 4 is 22.7 Å². The molecule has 150 valence electrons. The summed E-state index contributed by atoms with van der Waals surface area (Å²) in [6, 6.07) is 11.0. The van der Waals surface area contributed by atoms with Gasteiger partial charge >= 0.3 is 0 Å². The Kier molecular flexibility index (Phi) is 6.22. The zero-order chi connectivity index (χ0) is 20.1. The monoisotopic (exact) mass is 379 g/mol. The van der Waals surface area contributed by atoms with Crippen molar-refractivity contribution in [2.45, 2.75) is 59.9 Å². The van der Waals surface area contributed by atoms with Crippen LogP contribution in [0, 0.1) is 5.41 Å². The molecule has 1 aromatic carbocycles. The van der Waals surface area contributed by atoms with Crippen LogP contribution in [0.15, 0.2) is 36.7 Å². The van der Waals surface area contributed by atoms with Gasteiger partial charge in [0.05, 0.1) is 11.8 Å². The molecule has 0 aliphatic rings. The number of nitrogens with one attached hydrogen (secondary N) is 1. The van der Waals surface area contributed by atoms with Crippen LogP contribution in [0.3, 0.4) is 0 Å². The maximum Gasteiger partial charge on any atom is 0.154 e. The van der Waals surface area contributed by atoms with Gasteiger partial charge in [0, 0.05) is 19.2 Å². The normalized spacial score (nSPS) is 11.9. The molecule has 2 heterocycles. The highest BCUT2D eigenvalue weighted by Crippen LogP contribution is 2.24. The minimum absolute atomic E-state index is 0.366. The van der Waals surface area contributed by atoms with E-state index in [2.05, 4.69) is 71.8 Å². The van der Waals surface area contributed by atoms with Crippen molar-refractivity contribution in [1.82, 2.24) is 14.5 Å². The van der Waals surface area contributed by atoms with Gasteiger partial charge in [-0.05, 0) is 35.8 Å². The first-order valence-corrected chi connectivity index (χ1v) is 10.3. The maximum absolute atomic E-state index is 6.13. The molecule has 0 bridgehead atoms. The fraction of sp³-hybridized carbons (Fsp3) is 0.478. The van der Waals surface area contributed by atoms with Crippen LogP contribution in [0.1, 0.15) is 58.1 Å². The van der Waals surface area contributed by atoms with Crippen molar-refractivity contribution in [3.8, 4) is 0 Å². The molecular formula is C23H33N5. The predicted octanol–water partition coefficient (Wildman–Crippen LogP) is 5.25. The summed E-state index contributed by atoms with van der Waals surface area (Å²) >= 11 is 0. The second-order valence-electron chi connectivity index (χ2n) is 8.79. The molecule has 2 aromatic heterocycles. The van der Waals surface area contributed by atoms with Crippen molar-refractivity contribution in [3.05, 3.63) is 47.8 Å². The molecule has 0 radical (unpaired) electrons. The second kappa shape index (κ2) is 8.63. The first kappa shape index (κ1) is 20.2. The molecule has 0 unspecified atom stereocenters. The van der Waals surface area contributed by atoms with E-state index in [-0.39, 0.29) is 0 Å². The molecular weight excluding hydrogens is 346 g/mol. The van der Waals surface area contributed by atoms with Crippen molar-refractivity contribution in [1.29, 1.82) is 0 Å². The highest BCUT2D eigenvalue weighted by atomic mass is 15.1. The number of benzene rings is 1. The van der Waals surface area contributed by atoms with Gasteiger partial charge in [0.25, 0.3) is 0 Å². The quantitative estimate of drug-likeness (QED) is 0.524. The van der Waals surface area contributed by atoms with Gasteiger partial charge in [0.1, 0.15) is 11.3 Å². The Morgan fingerprint density at radius 3 is 2.50 bits per heavy atom. The van der Waals surface area contributed by atoms with E-state index in [1.807, 2.05) is 12.4 Å². The number of rotatable bonds is 8. The Morgan fingerprint density at radius 1 is 1.11 bits per heavy atom. The molecule has 5 nitrogen and oxygen atoms in total. The number of nitrogen functional groups attached to an aromatic ring is 1. The molecule has 5 heteroatoms.